The Morgan fingerprint density at radius 1 is 1.05 bits per heavy atom. The summed E-state index contributed by atoms with van der Waals surface area (Å²) >= 11 is 0. The summed E-state index contributed by atoms with van der Waals surface area (Å²) in [7, 11) is -5.42. The van der Waals surface area contributed by atoms with Gasteiger partial charge in [0.05, 0.1) is 11.5 Å². The van der Waals surface area contributed by atoms with E-state index in [1.807, 2.05) is 6.92 Å². The van der Waals surface area contributed by atoms with E-state index in [1.165, 1.54) is 11.4 Å². The maximum absolute atomic E-state index is 12.6. The Kier molecular flexibility index (Phi) is 7.09. The second kappa shape index (κ2) is 7.15. The van der Waals surface area contributed by atoms with Crippen molar-refractivity contribution in [1.82, 2.24) is 9.03 Å². The van der Waals surface area contributed by atoms with Gasteiger partial charge in [-0.15, -0.1) is 0 Å². The zero-order chi connectivity index (χ0) is 18.0. The van der Waals surface area contributed by atoms with Gasteiger partial charge in [-0.05, 0) is 47.5 Å². The molecule has 0 radical (unpaired) electrons. The first kappa shape index (κ1) is 21.8. The minimum Gasteiger partial charge on any atom is -0.212 e. The minimum atomic E-state index is -3.53. The van der Waals surface area contributed by atoms with Crippen molar-refractivity contribution >= 4 is 20.0 Å². The molecule has 0 aromatic heterocycles. The molecule has 0 aliphatic rings. The Hall–Kier alpha value is -0.180. The monoisotopic (exact) mass is 356 g/mol. The Balaban J connectivity index is 5.46. The molecule has 0 rings (SSSR count). The summed E-state index contributed by atoms with van der Waals surface area (Å²) in [5.74, 6) is 0. The van der Waals surface area contributed by atoms with Crippen LogP contribution in [0.3, 0.4) is 0 Å². The van der Waals surface area contributed by atoms with Gasteiger partial charge >= 0.3 is 0 Å². The molecule has 0 aromatic rings. The third kappa shape index (κ3) is 6.93. The predicted octanol–water partition coefficient (Wildman–Crippen LogP) is 1.93. The standard InChI is InChI=1S/C14H32N2O4S2/c1-9-10-12(22(19,20)15-13(2,3)4)11-14(5,6)16(7)21(8,17)18/h12,15H,9-11H2,1-8H3. The van der Waals surface area contributed by atoms with Crippen LogP contribution >= 0.6 is 0 Å². The third-order valence-electron chi connectivity index (χ3n) is 3.58. The number of nitrogens with one attached hydrogen (secondary N) is 1. The highest BCUT2D eigenvalue weighted by Crippen LogP contribution is 2.27. The van der Waals surface area contributed by atoms with Gasteiger partial charge in [-0.2, -0.15) is 4.31 Å². The lowest BCUT2D eigenvalue weighted by atomic mass is 9.96. The van der Waals surface area contributed by atoms with Crippen molar-refractivity contribution in [3.63, 3.8) is 0 Å². The third-order valence-corrected chi connectivity index (χ3v) is 7.24. The van der Waals surface area contributed by atoms with Gasteiger partial charge < -0.3 is 0 Å². The molecule has 0 bridgehead atoms. The highest BCUT2D eigenvalue weighted by atomic mass is 32.2. The summed E-state index contributed by atoms with van der Waals surface area (Å²) in [4.78, 5) is 0. The lowest BCUT2D eigenvalue weighted by Crippen LogP contribution is -2.51. The average Bonchev–Trinajstić information content (AvgIpc) is 2.22. The van der Waals surface area contributed by atoms with E-state index < -0.39 is 36.4 Å². The highest BCUT2D eigenvalue weighted by molar-refractivity contribution is 7.90. The topological polar surface area (TPSA) is 83.6 Å². The van der Waals surface area contributed by atoms with Crippen LogP contribution in [-0.2, 0) is 20.0 Å². The number of sulfonamides is 2. The van der Waals surface area contributed by atoms with Gasteiger partial charge in [0.25, 0.3) is 0 Å². The molecule has 0 fully saturated rings. The quantitative estimate of drug-likeness (QED) is 0.720. The fourth-order valence-electron chi connectivity index (χ4n) is 2.33. The van der Waals surface area contributed by atoms with Gasteiger partial charge in [-0.1, -0.05) is 13.3 Å². The summed E-state index contributed by atoms with van der Waals surface area (Å²) in [5.41, 5.74) is -1.34. The molecule has 0 aromatic carbocycles. The summed E-state index contributed by atoms with van der Waals surface area (Å²) < 4.78 is 52.7. The summed E-state index contributed by atoms with van der Waals surface area (Å²) in [6.45, 7) is 10.8. The molecule has 0 aliphatic carbocycles. The second-order valence-corrected chi connectivity index (χ2v) is 11.5. The van der Waals surface area contributed by atoms with Crippen molar-refractivity contribution < 1.29 is 16.8 Å². The maximum Gasteiger partial charge on any atom is 0.215 e. The number of hydrogen-bond acceptors (Lipinski definition) is 4. The molecule has 6 nitrogen and oxygen atoms in total. The molecule has 0 aliphatic heterocycles. The smallest absolute Gasteiger partial charge is 0.212 e. The Bertz CT molecular complexity index is 560. The van der Waals surface area contributed by atoms with E-state index in [0.29, 0.717) is 12.8 Å². The molecular formula is C14H32N2O4S2. The van der Waals surface area contributed by atoms with E-state index in [2.05, 4.69) is 4.72 Å². The first-order chi connectivity index (χ1) is 9.53. The Labute approximate surface area is 136 Å². The van der Waals surface area contributed by atoms with Crippen LogP contribution in [0.5, 0.6) is 0 Å². The minimum absolute atomic E-state index is 0.246. The molecule has 0 amide bonds. The van der Waals surface area contributed by atoms with E-state index in [1.54, 1.807) is 34.6 Å². The van der Waals surface area contributed by atoms with Crippen molar-refractivity contribution in [2.45, 2.75) is 77.1 Å². The van der Waals surface area contributed by atoms with Crippen molar-refractivity contribution in [3.05, 3.63) is 0 Å². The zero-order valence-corrected chi connectivity index (χ0v) is 16.7. The van der Waals surface area contributed by atoms with Crippen LogP contribution < -0.4 is 4.72 Å². The molecule has 0 spiro atoms. The molecule has 0 saturated heterocycles. The van der Waals surface area contributed by atoms with Crippen LogP contribution in [0.2, 0.25) is 0 Å². The normalized spacial score (nSPS) is 16.0. The van der Waals surface area contributed by atoms with Crippen LogP contribution in [0, 0.1) is 0 Å². The fourth-order valence-corrected chi connectivity index (χ4v) is 5.50. The van der Waals surface area contributed by atoms with Crippen LogP contribution in [0.15, 0.2) is 0 Å². The lowest BCUT2D eigenvalue weighted by Gasteiger charge is -2.37. The largest absolute Gasteiger partial charge is 0.215 e. The van der Waals surface area contributed by atoms with Crippen molar-refractivity contribution in [2.24, 2.45) is 0 Å². The van der Waals surface area contributed by atoms with Gasteiger partial charge in [-0.3, -0.25) is 0 Å². The lowest BCUT2D eigenvalue weighted by molar-refractivity contribution is 0.242. The Morgan fingerprint density at radius 3 is 1.82 bits per heavy atom. The van der Waals surface area contributed by atoms with Gasteiger partial charge in [-0.25, -0.2) is 21.6 Å². The highest BCUT2D eigenvalue weighted by Gasteiger charge is 2.38. The molecule has 8 heteroatoms. The Morgan fingerprint density at radius 2 is 1.50 bits per heavy atom. The maximum atomic E-state index is 12.6. The summed E-state index contributed by atoms with van der Waals surface area (Å²) in [6.07, 6.45) is 2.59. The van der Waals surface area contributed by atoms with Crippen LogP contribution in [0.25, 0.3) is 0 Å². The van der Waals surface area contributed by atoms with E-state index in [0.717, 1.165) is 6.26 Å². The molecule has 0 saturated carbocycles. The van der Waals surface area contributed by atoms with Gasteiger partial charge in [0.15, 0.2) is 0 Å². The van der Waals surface area contributed by atoms with E-state index in [-0.39, 0.29) is 6.42 Å². The van der Waals surface area contributed by atoms with Crippen LogP contribution in [-0.4, -0.2) is 50.8 Å². The molecule has 22 heavy (non-hydrogen) atoms. The van der Waals surface area contributed by atoms with E-state index in [4.69, 9.17) is 0 Å². The molecule has 1 atom stereocenters. The summed E-state index contributed by atoms with van der Waals surface area (Å²) in [6, 6.07) is 0. The van der Waals surface area contributed by atoms with Crippen molar-refractivity contribution in [3.8, 4) is 0 Å². The SMILES string of the molecule is CCCC(CC(C)(C)N(C)S(C)(=O)=O)S(=O)(=O)NC(C)(C)C. The van der Waals surface area contributed by atoms with Crippen LogP contribution in [0.4, 0.5) is 0 Å². The van der Waals surface area contributed by atoms with Gasteiger partial charge in [0, 0.05) is 18.1 Å². The van der Waals surface area contributed by atoms with Crippen LogP contribution in [0.1, 0.15) is 60.8 Å². The molecule has 0 heterocycles. The van der Waals surface area contributed by atoms with Gasteiger partial charge in [0.2, 0.25) is 20.0 Å². The summed E-state index contributed by atoms with van der Waals surface area (Å²) in [5, 5.41) is -0.629. The number of nitrogens with zero attached hydrogens (tertiary/aromatic N) is 1. The predicted molar refractivity (Wildman–Crippen MR) is 91.8 cm³/mol. The van der Waals surface area contributed by atoms with Gasteiger partial charge in [0.1, 0.15) is 0 Å². The zero-order valence-electron chi connectivity index (χ0n) is 15.1. The average molecular weight is 357 g/mol. The molecule has 1 N–H and O–H groups in total. The van der Waals surface area contributed by atoms with E-state index in [9.17, 15) is 16.8 Å². The van der Waals surface area contributed by atoms with Crippen molar-refractivity contribution in [2.75, 3.05) is 13.3 Å². The van der Waals surface area contributed by atoms with E-state index >= 15 is 0 Å². The second-order valence-electron chi connectivity index (χ2n) is 7.55. The number of rotatable bonds is 8. The molecular weight excluding hydrogens is 324 g/mol. The number of hydrogen-bond donors (Lipinski definition) is 1. The first-order valence-corrected chi connectivity index (χ1v) is 10.9. The fraction of sp³-hybridized carbons (Fsp3) is 1.00. The van der Waals surface area contributed by atoms with Crippen molar-refractivity contribution in [1.29, 1.82) is 0 Å². The molecule has 1 unspecified atom stereocenters. The first-order valence-electron chi connectivity index (χ1n) is 7.50. The molecule has 134 valence electrons.